The fourth-order valence-electron chi connectivity index (χ4n) is 4.24. The zero-order chi connectivity index (χ0) is 29.5. The van der Waals surface area contributed by atoms with Crippen LogP contribution in [0.5, 0.6) is 0 Å². The summed E-state index contributed by atoms with van der Waals surface area (Å²) in [6, 6.07) is 0.328. The Labute approximate surface area is 231 Å². The summed E-state index contributed by atoms with van der Waals surface area (Å²) >= 11 is 0. The molecule has 1 fully saturated rings. The molecule has 39 heavy (non-hydrogen) atoms. The number of hydrogen-bond donors (Lipinski definition) is 4. The molecule has 1 aliphatic carbocycles. The Balaban J connectivity index is 0.00000371. The molecule has 0 aromatic carbocycles. The molecule has 0 radical (unpaired) electrons. The van der Waals surface area contributed by atoms with E-state index < -0.39 is 12.0 Å². The third kappa shape index (κ3) is 11.6. The smallest absolute Gasteiger partial charge is 0.224 e. The summed E-state index contributed by atoms with van der Waals surface area (Å²) in [5, 5.41) is 9.48. The Hall–Kier alpha value is -3.24. The number of hydrogen-bond acceptors (Lipinski definition) is 7. The van der Waals surface area contributed by atoms with Crippen LogP contribution in [0.1, 0.15) is 66.7 Å². The van der Waals surface area contributed by atoms with Gasteiger partial charge in [-0.05, 0) is 78.0 Å². The monoisotopic (exact) mass is 553 g/mol. The highest BCUT2D eigenvalue weighted by Gasteiger charge is 2.31. The molecule has 5 N–H and O–H groups in total. The van der Waals surface area contributed by atoms with Gasteiger partial charge in [0.25, 0.3) is 0 Å². The second kappa shape index (κ2) is 17.4. The predicted molar refractivity (Wildman–Crippen MR) is 154 cm³/mol. The number of nitrogens with one attached hydrogen (secondary N) is 3. The fourth-order valence-corrected chi connectivity index (χ4v) is 4.24. The van der Waals surface area contributed by atoms with Crippen LogP contribution in [0.4, 0.5) is 30.6 Å². The molecule has 1 heterocycles. The highest BCUT2D eigenvalue weighted by atomic mass is 19.1. The SMILES string of the molecule is C=CC(=CC(F)/C=C(\C)F)NCN(c1nc(NC(C)C)ncc1N)C1CCC(C(=O)NC(C)CC)CC1.CF. The lowest BCUT2D eigenvalue weighted by atomic mass is 9.84. The van der Waals surface area contributed by atoms with E-state index in [-0.39, 0.29) is 36.6 Å². The molecule has 0 saturated heterocycles. The molecule has 2 rings (SSSR count). The van der Waals surface area contributed by atoms with Gasteiger partial charge in [0.1, 0.15) is 6.17 Å². The number of halogens is 3. The van der Waals surface area contributed by atoms with Crippen LogP contribution in [0.25, 0.3) is 0 Å². The Bertz CT molecular complexity index is 958. The minimum atomic E-state index is -1.59. The quantitative estimate of drug-likeness (QED) is 0.187. The van der Waals surface area contributed by atoms with Crippen molar-refractivity contribution in [3.05, 3.63) is 42.5 Å². The molecular formula is C28H46F3N7O. The molecular weight excluding hydrogens is 507 g/mol. The average molecular weight is 554 g/mol. The third-order valence-corrected chi connectivity index (χ3v) is 6.40. The van der Waals surface area contributed by atoms with Crippen LogP contribution < -0.4 is 26.6 Å². The number of anilines is 3. The molecule has 8 nitrogen and oxygen atoms in total. The summed E-state index contributed by atoms with van der Waals surface area (Å²) in [6.45, 7) is 13.2. The lowest BCUT2D eigenvalue weighted by molar-refractivity contribution is -0.126. The molecule has 0 bridgehead atoms. The fraction of sp³-hybridized carbons (Fsp3) is 0.607. The first-order valence-corrected chi connectivity index (χ1v) is 13.4. The van der Waals surface area contributed by atoms with Crippen molar-refractivity contribution in [1.82, 2.24) is 20.6 Å². The molecule has 0 spiro atoms. The Morgan fingerprint density at radius 2 is 1.87 bits per heavy atom. The maximum Gasteiger partial charge on any atom is 0.224 e. The molecule has 1 aromatic heterocycles. The van der Waals surface area contributed by atoms with E-state index in [0.717, 1.165) is 38.2 Å². The number of allylic oxidation sites excluding steroid dienone is 4. The van der Waals surface area contributed by atoms with E-state index in [9.17, 15) is 18.0 Å². The molecule has 2 atom stereocenters. The second-order valence-corrected chi connectivity index (χ2v) is 9.92. The van der Waals surface area contributed by atoms with E-state index in [0.29, 0.717) is 30.3 Å². The van der Waals surface area contributed by atoms with Gasteiger partial charge < -0.3 is 26.6 Å². The van der Waals surface area contributed by atoms with Crippen molar-refractivity contribution < 1.29 is 18.0 Å². The lowest BCUT2D eigenvalue weighted by Gasteiger charge is -2.38. The summed E-state index contributed by atoms with van der Waals surface area (Å²) in [6.07, 6.45) is 7.51. The predicted octanol–water partition coefficient (Wildman–Crippen LogP) is 5.57. The van der Waals surface area contributed by atoms with Crippen LogP contribution in [0, 0.1) is 5.92 Å². The summed E-state index contributed by atoms with van der Waals surface area (Å²) < 4.78 is 36.8. The molecule has 1 aromatic rings. The van der Waals surface area contributed by atoms with E-state index in [1.165, 1.54) is 19.1 Å². The van der Waals surface area contributed by atoms with Gasteiger partial charge in [-0.3, -0.25) is 9.18 Å². The number of alkyl halides is 2. The van der Waals surface area contributed by atoms with Gasteiger partial charge in [-0.1, -0.05) is 13.5 Å². The zero-order valence-electron chi connectivity index (χ0n) is 24.1. The average Bonchev–Trinajstić information content (AvgIpc) is 2.90. The van der Waals surface area contributed by atoms with Crippen molar-refractivity contribution in [1.29, 1.82) is 0 Å². The number of amides is 1. The van der Waals surface area contributed by atoms with Gasteiger partial charge in [0, 0.05) is 29.7 Å². The first-order valence-electron chi connectivity index (χ1n) is 13.4. The van der Waals surface area contributed by atoms with Crippen molar-refractivity contribution in [2.24, 2.45) is 5.92 Å². The summed E-state index contributed by atoms with van der Waals surface area (Å²) in [5.41, 5.74) is 7.15. The van der Waals surface area contributed by atoms with Crippen molar-refractivity contribution in [3.8, 4) is 0 Å². The van der Waals surface area contributed by atoms with Crippen LogP contribution in [-0.4, -0.2) is 54.0 Å². The Morgan fingerprint density at radius 3 is 2.41 bits per heavy atom. The number of nitrogens with two attached hydrogens (primary N) is 1. The van der Waals surface area contributed by atoms with E-state index in [4.69, 9.17) is 5.73 Å². The maximum atomic E-state index is 14.2. The van der Waals surface area contributed by atoms with Crippen LogP contribution in [0.2, 0.25) is 0 Å². The first-order chi connectivity index (χ1) is 18.5. The van der Waals surface area contributed by atoms with Crippen molar-refractivity contribution >= 4 is 23.4 Å². The molecule has 1 saturated carbocycles. The van der Waals surface area contributed by atoms with Gasteiger partial charge >= 0.3 is 0 Å². The summed E-state index contributed by atoms with van der Waals surface area (Å²) in [4.78, 5) is 23.7. The Kier molecular flexibility index (Phi) is 15.0. The van der Waals surface area contributed by atoms with Crippen molar-refractivity contribution in [2.75, 3.05) is 29.8 Å². The second-order valence-electron chi connectivity index (χ2n) is 9.92. The number of nitrogens with zero attached hydrogens (tertiary/aromatic N) is 3. The van der Waals surface area contributed by atoms with Crippen molar-refractivity contribution in [2.45, 2.75) is 91.0 Å². The van der Waals surface area contributed by atoms with Gasteiger partial charge in [-0.2, -0.15) is 4.98 Å². The van der Waals surface area contributed by atoms with E-state index >= 15 is 0 Å². The number of nitrogen functional groups attached to an aromatic ring is 1. The molecule has 220 valence electrons. The van der Waals surface area contributed by atoms with Gasteiger partial charge in [0.05, 0.1) is 31.6 Å². The number of aromatic nitrogens is 2. The zero-order valence-corrected chi connectivity index (χ0v) is 24.1. The third-order valence-electron chi connectivity index (χ3n) is 6.40. The van der Waals surface area contributed by atoms with Crippen LogP contribution in [0.3, 0.4) is 0 Å². The van der Waals surface area contributed by atoms with E-state index in [1.54, 1.807) is 6.20 Å². The van der Waals surface area contributed by atoms with Gasteiger partial charge in [-0.15, -0.1) is 0 Å². The highest BCUT2D eigenvalue weighted by Crippen LogP contribution is 2.32. The summed E-state index contributed by atoms with van der Waals surface area (Å²) in [5.74, 6) is 0.481. The number of carbonyl (C=O) groups is 1. The topological polar surface area (TPSA) is 108 Å². The molecule has 2 unspecified atom stereocenters. The van der Waals surface area contributed by atoms with Gasteiger partial charge in [0.2, 0.25) is 11.9 Å². The van der Waals surface area contributed by atoms with Crippen molar-refractivity contribution in [3.63, 3.8) is 0 Å². The standard InChI is InChI=1S/C27H43F2N7O.CH3F/c1-7-19(6)34-26(37)20-9-11-23(12-10-20)36(16-32-22(8-2)14-21(29)13-18(5)28)25-24(30)15-31-27(35-25)33-17(3)4;1-2/h8,13-15,17,19-21,23,32H,2,7,9-12,16,30H2,1,3-6H3,(H,34,37)(H,31,33,35);1H3/b18-13+,22-14?;. The van der Waals surface area contributed by atoms with Gasteiger partial charge in [0.15, 0.2) is 5.82 Å². The van der Waals surface area contributed by atoms with Crippen LogP contribution >= 0.6 is 0 Å². The van der Waals surface area contributed by atoms with Crippen LogP contribution in [-0.2, 0) is 4.79 Å². The van der Waals surface area contributed by atoms with Gasteiger partial charge in [-0.25, -0.2) is 13.8 Å². The molecule has 0 aliphatic heterocycles. The normalized spacial score (nSPS) is 19.3. The lowest BCUT2D eigenvalue weighted by Crippen LogP contribution is -2.46. The summed E-state index contributed by atoms with van der Waals surface area (Å²) in [7, 11) is 0.500. The van der Waals surface area contributed by atoms with E-state index in [2.05, 4.69) is 32.5 Å². The number of rotatable bonds is 13. The molecule has 1 amide bonds. The Morgan fingerprint density at radius 1 is 1.23 bits per heavy atom. The minimum Gasteiger partial charge on any atom is -0.394 e. The largest absolute Gasteiger partial charge is 0.394 e. The molecule has 1 aliphatic rings. The van der Waals surface area contributed by atoms with E-state index in [1.807, 2.05) is 32.6 Å². The highest BCUT2D eigenvalue weighted by molar-refractivity contribution is 5.79. The van der Waals surface area contributed by atoms with Crippen LogP contribution in [0.15, 0.2) is 42.5 Å². The molecule has 11 heteroatoms. The minimum absolute atomic E-state index is 0.0346. The first kappa shape index (κ1) is 33.8. The maximum absolute atomic E-state index is 14.2. The number of carbonyl (C=O) groups excluding carboxylic acids is 1.